The fourth-order valence-electron chi connectivity index (χ4n) is 5.67. The second-order valence-corrected chi connectivity index (χ2v) is 12.0. The Labute approximate surface area is 229 Å². The van der Waals surface area contributed by atoms with E-state index in [0.717, 1.165) is 25.8 Å². The SMILES string of the molecule is C/C(=C\C(C(C)C)N(C)C(=O)C(NC(=O)C1CCCCN1C(C)C)C(C)C)C(=O)N1CCCC(C(=O)O)C1. The predicted octanol–water partition coefficient (Wildman–Crippen LogP) is 3.14. The maximum absolute atomic E-state index is 13.7. The Bertz CT molecular complexity index is 884. The van der Waals surface area contributed by atoms with Gasteiger partial charge in [-0.3, -0.25) is 24.1 Å². The van der Waals surface area contributed by atoms with Gasteiger partial charge in [-0.1, -0.05) is 40.2 Å². The van der Waals surface area contributed by atoms with Crippen LogP contribution in [0, 0.1) is 17.8 Å². The average molecular weight is 535 g/mol. The summed E-state index contributed by atoms with van der Waals surface area (Å²) in [5, 5.41) is 12.4. The molecule has 2 rings (SSSR count). The molecule has 0 radical (unpaired) electrons. The van der Waals surface area contributed by atoms with Crippen molar-refractivity contribution in [3.63, 3.8) is 0 Å². The van der Waals surface area contributed by atoms with Gasteiger partial charge in [0.15, 0.2) is 0 Å². The van der Waals surface area contributed by atoms with Gasteiger partial charge in [-0.15, -0.1) is 0 Å². The van der Waals surface area contributed by atoms with E-state index < -0.39 is 17.9 Å². The maximum atomic E-state index is 13.7. The van der Waals surface area contributed by atoms with Crippen LogP contribution in [-0.2, 0) is 19.2 Å². The minimum absolute atomic E-state index is 0.0260. The van der Waals surface area contributed by atoms with Gasteiger partial charge in [0.05, 0.1) is 18.0 Å². The highest BCUT2D eigenvalue weighted by molar-refractivity contribution is 5.94. The Kier molecular flexibility index (Phi) is 11.8. The third-order valence-electron chi connectivity index (χ3n) is 8.03. The molecule has 0 aromatic carbocycles. The van der Waals surface area contributed by atoms with E-state index in [0.29, 0.717) is 25.0 Å². The Morgan fingerprint density at radius 2 is 1.61 bits per heavy atom. The molecule has 2 aliphatic rings. The number of carbonyl (C=O) groups excluding carboxylic acids is 3. The molecule has 2 aliphatic heterocycles. The molecular formula is C29H50N4O5. The van der Waals surface area contributed by atoms with Crippen LogP contribution in [0.25, 0.3) is 0 Å². The first kappa shape index (κ1) is 31.8. The van der Waals surface area contributed by atoms with Crippen LogP contribution in [-0.4, -0.2) is 94.3 Å². The Morgan fingerprint density at radius 1 is 0.947 bits per heavy atom. The number of likely N-dealkylation sites (tertiary alicyclic amines) is 2. The Hall–Kier alpha value is -2.42. The first-order valence-electron chi connectivity index (χ1n) is 14.3. The van der Waals surface area contributed by atoms with Crippen LogP contribution >= 0.6 is 0 Å². The molecule has 4 unspecified atom stereocenters. The van der Waals surface area contributed by atoms with Crippen molar-refractivity contribution in [2.45, 2.75) is 105 Å². The number of likely N-dealkylation sites (N-methyl/N-ethyl adjacent to an activating group) is 1. The van der Waals surface area contributed by atoms with Crippen LogP contribution in [0.3, 0.4) is 0 Å². The smallest absolute Gasteiger partial charge is 0.308 e. The van der Waals surface area contributed by atoms with Crippen molar-refractivity contribution in [2.24, 2.45) is 17.8 Å². The van der Waals surface area contributed by atoms with E-state index in [-0.39, 0.29) is 54.2 Å². The zero-order chi connectivity index (χ0) is 28.7. The fourth-order valence-corrected chi connectivity index (χ4v) is 5.67. The molecule has 4 atom stereocenters. The quantitative estimate of drug-likeness (QED) is 0.417. The monoisotopic (exact) mass is 534 g/mol. The first-order chi connectivity index (χ1) is 17.8. The van der Waals surface area contributed by atoms with Crippen molar-refractivity contribution in [3.05, 3.63) is 11.6 Å². The predicted molar refractivity (Wildman–Crippen MR) is 148 cm³/mol. The number of carboxylic acid groups (broad SMARTS) is 1. The molecule has 38 heavy (non-hydrogen) atoms. The number of aliphatic carboxylic acids is 1. The molecule has 0 bridgehead atoms. The summed E-state index contributed by atoms with van der Waals surface area (Å²) in [4.78, 5) is 57.2. The largest absolute Gasteiger partial charge is 0.481 e. The number of carboxylic acids is 1. The van der Waals surface area contributed by atoms with Gasteiger partial charge in [0.1, 0.15) is 6.04 Å². The molecule has 0 aromatic heterocycles. The lowest BCUT2D eigenvalue weighted by Gasteiger charge is -2.39. The number of rotatable bonds is 10. The highest BCUT2D eigenvalue weighted by atomic mass is 16.4. The molecule has 0 spiro atoms. The second-order valence-electron chi connectivity index (χ2n) is 12.0. The molecule has 216 valence electrons. The van der Waals surface area contributed by atoms with Crippen molar-refractivity contribution >= 4 is 23.7 Å². The normalized spacial score (nSPS) is 22.9. The third kappa shape index (κ3) is 8.04. The van der Waals surface area contributed by atoms with Crippen molar-refractivity contribution in [2.75, 3.05) is 26.7 Å². The summed E-state index contributed by atoms with van der Waals surface area (Å²) in [5.74, 6) is -1.97. The van der Waals surface area contributed by atoms with E-state index >= 15 is 0 Å². The fraction of sp³-hybridized carbons (Fsp3) is 0.793. The van der Waals surface area contributed by atoms with Crippen LogP contribution in [0.5, 0.6) is 0 Å². The topological polar surface area (TPSA) is 110 Å². The molecule has 3 amide bonds. The van der Waals surface area contributed by atoms with Crippen LogP contribution in [0.1, 0.15) is 80.6 Å². The maximum Gasteiger partial charge on any atom is 0.308 e. The lowest BCUT2D eigenvalue weighted by molar-refractivity contribution is -0.145. The van der Waals surface area contributed by atoms with Gasteiger partial charge in [0.2, 0.25) is 17.7 Å². The van der Waals surface area contributed by atoms with Crippen molar-refractivity contribution in [1.82, 2.24) is 20.0 Å². The van der Waals surface area contributed by atoms with Gasteiger partial charge in [0.25, 0.3) is 0 Å². The minimum Gasteiger partial charge on any atom is -0.481 e. The van der Waals surface area contributed by atoms with Crippen molar-refractivity contribution in [1.29, 1.82) is 0 Å². The van der Waals surface area contributed by atoms with Gasteiger partial charge < -0.3 is 20.2 Å². The zero-order valence-corrected chi connectivity index (χ0v) is 24.7. The second kappa shape index (κ2) is 14.1. The number of nitrogens with zero attached hydrogens (tertiary/aromatic N) is 3. The lowest BCUT2D eigenvalue weighted by atomic mass is 9.95. The van der Waals surface area contributed by atoms with Crippen molar-refractivity contribution in [3.8, 4) is 0 Å². The number of hydrogen-bond donors (Lipinski definition) is 2. The number of carbonyl (C=O) groups is 4. The molecule has 0 aromatic rings. The van der Waals surface area contributed by atoms with Crippen LogP contribution in [0.15, 0.2) is 11.6 Å². The highest BCUT2D eigenvalue weighted by Gasteiger charge is 2.36. The van der Waals surface area contributed by atoms with Crippen LogP contribution < -0.4 is 5.32 Å². The molecule has 0 saturated carbocycles. The number of nitrogens with one attached hydrogen (secondary N) is 1. The standard InChI is InChI=1S/C29H50N4O5/c1-18(2)24(16-21(7)27(35)32-14-11-12-22(17-32)29(37)38)31(8)28(36)25(19(3)4)30-26(34)23-13-9-10-15-33(23)20(5)6/h16,18-20,22-25H,9-15,17H2,1-8H3,(H,30,34)(H,37,38)/b21-16+. The Morgan fingerprint density at radius 3 is 2.16 bits per heavy atom. The summed E-state index contributed by atoms with van der Waals surface area (Å²) in [5.41, 5.74) is 0.495. The zero-order valence-electron chi connectivity index (χ0n) is 24.7. The molecule has 2 fully saturated rings. The van der Waals surface area contributed by atoms with E-state index in [9.17, 15) is 24.3 Å². The minimum atomic E-state index is -0.874. The van der Waals surface area contributed by atoms with E-state index in [2.05, 4.69) is 24.1 Å². The third-order valence-corrected chi connectivity index (χ3v) is 8.03. The number of piperidine rings is 2. The highest BCUT2D eigenvalue weighted by Crippen LogP contribution is 2.23. The van der Waals surface area contributed by atoms with Gasteiger partial charge >= 0.3 is 5.97 Å². The van der Waals surface area contributed by atoms with E-state index in [1.807, 2.05) is 33.8 Å². The number of amides is 3. The van der Waals surface area contributed by atoms with Crippen LogP contribution in [0.4, 0.5) is 0 Å². The summed E-state index contributed by atoms with van der Waals surface area (Å²) in [6.07, 6.45) is 5.91. The summed E-state index contributed by atoms with van der Waals surface area (Å²) in [7, 11) is 1.73. The van der Waals surface area contributed by atoms with Gasteiger partial charge in [-0.2, -0.15) is 0 Å². The van der Waals surface area contributed by atoms with Gasteiger partial charge in [-0.05, 0) is 64.8 Å². The van der Waals surface area contributed by atoms with E-state index in [1.165, 1.54) is 0 Å². The van der Waals surface area contributed by atoms with Gasteiger partial charge in [0, 0.05) is 31.8 Å². The molecule has 9 heteroatoms. The van der Waals surface area contributed by atoms with E-state index in [1.54, 1.807) is 23.8 Å². The van der Waals surface area contributed by atoms with E-state index in [4.69, 9.17) is 0 Å². The van der Waals surface area contributed by atoms with Crippen molar-refractivity contribution < 1.29 is 24.3 Å². The first-order valence-corrected chi connectivity index (χ1v) is 14.3. The van der Waals surface area contributed by atoms with Crippen LogP contribution in [0.2, 0.25) is 0 Å². The summed E-state index contributed by atoms with van der Waals surface area (Å²) in [6, 6.07) is -1.01. The van der Waals surface area contributed by atoms with Gasteiger partial charge in [-0.25, -0.2) is 0 Å². The summed E-state index contributed by atoms with van der Waals surface area (Å²) < 4.78 is 0. The molecule has 0 aliphatic carbocycles. The Balaban J connectivity index is 2.19. The molecular weight excluding hydrogens is 484 g/mol. The average Bonchev–Trinajstić information content (AvgIpc) is 2.88. The molecule has 2 N–H and O–H groups in total. The summed E-state index contributed by atoms with van der Waals surface area (Å²) in [6.45, 7) is 15.4. The molecule has 9 nitrogen and oxygen atoms in total. The molecule has 2 heterocycles. The molecule has 2 saturated heterocycles. The lowest BCUT2D eigenvalue weighted by Crippen LogP contribution is -2.58. The number of hydrogen-bond acceptors (Lipinski definition) is 5. The summed E-state index contributed by atoms with van der Waals surface area (Å²) >= 11 is 0.